The Bertz CT molecular complexity index is 635. The van der Waals surface area contributed by atoms with E-state index in [0.29, 0.717) is 12.5 Å². The summed E-state index contributed by atoms with van der Waals surface area (Å²) in [6.45, 7) is 4.66. The predicted octanol–water partition coefficient (Wildman–Crippen LogP) is 1.94. The lowest BCUT2D eigenvalue weighted by Gasteiger charge is -2.36. The van der Waals surface area contributed by atoms with Crippen molar-refractivity contribution in [2.24, 2.45) is 5.92 Å². The summed E-state index contributed by atoms with van der Waals surface area (Å²) in [5.74, 6) is -0.173. The molecule has 2 atom stereocenters. The number of pyridine rings is 1. The number of aromatic nitrogens is 1. The summed E-state index contributed by atoms with van der Waals surface area (Å²) < 4.78 is 37.5. The average Bonchev–Trinajstić information content (AvgIpc) is 2.39. The molecular weight excluding hydrogens is 299 g/mol. The normalized spacial score (nSPS) is 22.9. The van der Waals surface area contributed by atoms with Crippen LogP contribution < -0.4 is 4.18 Å². The number of carbonyl (C=O) groups excluding carboxylic acids is 1. The molecule has 1 aromatic heterocycles. The van der Waals surface area contributed by atoms with E-state index in [1.807, 2.05) is 6.92 Å². The molecule has 0 N–H and O–H groups in total. The van der Waals surface area contributed by atoms with E-state index in [1.165, 1.54) is 12.3 Å². The van der Waals surface area contributed by atoms with Gasteiger partial charge in [0.2, 0.25) is 0 Å². The lowest BCUT2D eigenvalue weighted by molar-refractivity contribution is 0.0573. The van der Waals surface area contributed by atoms with E-state index in [9.17, 15) is 17.1 Å². The number of nitrogens with zero attached hydrogens (tertiary/aromatic N) is 2. The Hall–Kier alpha value is -1.70. The van der Waals surface area contributed by atoms with Gasteiger partial charge in [-0.3, -0.25) is 9.78 Å². The summed E-state index contributed by atoms with van der Waals surface area (Å²) in [6.07, 6.45) is 4.32. The minimum absolute atomic E-state index is 0.100. The fourth-order valence-electron chi connectivity index (χ4n) is 2.43. The quantitative estimate of drug-likeness (QED) is 0.796. The number of hydrogen-bond acceptors (Lipinski definition) is 5. The molecule has 21 heavy (non-hydrogen) atoms. The number of carbonyl (C=O) groups is 1. The highest BCUT2D eigenvalue weighted by Gasteiger charge is 2.28. The Morgan fingerprint density at radius 1 is 1.38 bits per heavy atom. The van der Waals surface area contributed by atoms with Crippen LogP contribution in [0.5, 0.6) is 5.75 Å². The summed E-state index contributed by atoms with van der Waals surface area (Å²) in [4.78, 5) is 17.9. The Morgan fingerprint density at radius 3 is 2.76 bits per heavy atom. The van der Waals surface area contributed by atoms with Gasteiger partial charge in [0, 0.05) is 18.8 Å². The molecule has 2 rings (SSSR count). The highest BCUT2D eigenvalue weighted by atomic mass is 32.3. The van der Waals surface area contributed by atoms with E-state index in [2.05, 4.69) is 16.1 Å². The van der Waals surface area contributed by atoms with Gasteiger partial charge in [-0.1, -0.05) is 10.8 Å². The van der Waals surface area contributed by atoms with Crippen molar-refractivity contribution in [3.05, 3.63) is 24.0 Å². The van der Waals surface area contributed by atoms with Crippen molar-refractivity contribution in [3.8, 4) is 5.75 Å². The van der Waals surface area contributed by atoms with E-state index >= 15 is 0 Å². The van der Waals surface area contributed by atoms with Gasteiger partial charge in [-0.05, 0) is 31.7 Å². The molecule has 0 saturated carbocycles. The monoisotopic (exact) mass is 316 g/mol. The molecule has 6 nitrogen and oxygen atoms in total. The Balaban J connectivity index is 2.21. The van der Waals surface area contributed by atoms with Gasteiger partial charge in [0.1, 0.15) is 0 Å². The van der Waals surface area contributed by atoms with E-state index in [4.69, 9.17) is 0 Å². The molecule has 2 heterocycles. The molecule has 1 fully saturated rings. The second-order valence-electron chi connectivity index (χ2n) is 5.37. The molecule has 1 aliphatic rings. The zero-order chi connectivity index (χ0) is 15.6. The smallest absolute Gasteiger partial charge is 0.357 e. The molecule has 1 aliphatic heterocycles. The lowest BCUT2D eigenvalue weighted by Crippen LogP contribution is -2.44. The van der Waals surface area contributed by atoms with Crippen LogP contribution in [0.1, 0.15) is 37.0 Å². The van der Waals surface area contributed by atoms with Crippen LogP contribution in [0.2, 0.25) is 0 Å². The Labute approximate surface area is 123 Å². The van der Waals surface area contributed by atoms with Gasteiger partial charge >= 0.3 is 10.5 Å². The van der Waals surface area contributed by atoms with E-state index in [0.717, 1.165) is 19.0 Å². The third-order valence-corrected chi connectivity index (χ3v) is 3.93. The minimum Gasteiger partial charge on any atom is -0.357 e. The first kappa shape index (κ1) is 15.7. The number of hydrogen-bond donors (Lipinski definition) is 0. The third-order valence-electron chi connectivity index (χ3n) is 3.53. The van der Waals surface area contributed by atoms with Crippen LogP contribution in [0, 0.1) is 5.92 Å². The van der Waals surface area contributed by atoms with Crippen LogP contribution in [0.3, 0.4) is 0 Å². The zero-order valence-electron chi connectivity index (χ0n) is 11.8. The maximum absolute atomic E-state index is 12.5. The van der Waals surface area contributed by atoms with E-state index < -0.39 is 10.5 Å². The molecule has 8 heteroatoms. The van der Waals surface area contributed by atoms with E-state index in [-0.39, 0.29) is 23.3 Å². The third kappa shape index (κ3) is 4.13. The molecule has 0 radical (unpaired) electrons. The maximum Gasteiger partial charge on any atom is 0.488 e. The molecule has 1 amide bonds. The van der Waals surface area contributed by atoms with Gasteiger partial charge in [0.25, 0.3) is 5.91 Å². The van der Waals surface area contributed by atoms with Crippen molar-refractivity contribution in [1.29, 1.82) is 0 Å². The lowest BCUT2D eigenvalue weighted by atomic mass is 9.94. The summed E-state index contributed by atoms with van der Waals surface area (Å²) in [5, 5.41) is 0. The maximum atomic E-state index is 12.5. The second kappa shape index (κ2) is 5.97. The second-order valence-corrected chi connectivity index (χ2v) is 6.33. The molecule has 1 aromatic rings. The van der Waals surface area contributed by atoms with Crippen molar-refractivity contribution in [1.82, 2.24) is 9.88 Å². The van der Waals surface area contributed by atoms with Crippen molar-refractivity contribution in [2.75, 3.05) is 6.54 Å². The highest BCUT2D eigenvalue weighted by Crippen LogP contribution is 2.24. The van der Waals surface area contributed by atoms with Crippen molar-refractivity contribution < 1.29 is 21.3 Å². The fourth-order valence-corrected chi connectivity index (χ4v) is 2.75. The first-order valence-electron chi connectivity index (χ1n) is 6.66. The van der Waals surface area contributed by atoms with Crippen molar-refractivity contribution in [2.45, 2.75) is 32.7 Å². The summed E-state index contributed by atoms with van der Waals surface area (Å²) in [5.41, 5.74) is 0.178. The number of halogens is 1. The molecule has 0 bridgehead atoms. The molecule has 0 aromatic carbocycles. The number of piperidine rings is 1. The van der Waals surface area contributed by atoms with Crippen molar-refractivity contribution in [3.63, 3.8) is 0 Å². The fraction of sp³-hybridized carbons (Fsp3) is 0.538. The molecule has 0 unspecified atom stereocenters. The van der Waals surface area contributed by atoms with Crippen LogP contribution in [-0.4, -0.2) is 36.8 Å². The van der Waals surface area contributed by atoms with Gasteiger partial charge in [-0.25, -0.2) is 0 Å². The standard InChI is InChI=1S/C13H17FN2O4S/c1-9-3-4-10(2)16(8-9)13(17)11-5-12(7-15-6-11)20-21(14,18)19/h5-7,9-10H,3-4,8H2,1-2H3/t9-,10-/m1/s1. The zero-order valence-corrected chi connectivity index (χ0v) is 12.6. The van der Waals surface area contributed by atoms with Crippen LogP contribution in [-0.2, 0) is 10.5 Å². The number of rotatable bonds is 3. The molecule has 1 saturated heterocycles. The predicted molar refractivity (Wildman–Crippen MR) is 73.8 cm³/mol. The topological polar surface area (TPSA) is 76.6 Å². The molecule has 0 spiro atoms. The first-order valence-corrected chi connectivity index (χ1v) is 7.97. The Kier molecular flexibility index (Phi) is 4.46. The number of amides is 1. The van der Waals surface area contributed by atoms with Gasteiger partial charge in [0.15, 0.2) is 5.75 Å². The Morgan fingerprint density at radius 2 is 2.10 bits per heavy atom. The van der Waals surface area contributed by atoms with Gasteiger partial charge < -0.3 is 9.08 Å². The summed E-state index contributed by atoms with van der Waals surface area (Å²) in [7, 11) is -5.13. The van der Waals surface area contributed by atoms with Crippen LogP contribution >= 0.6 is 0 Å². The van der Waals surface area contributed by atoms with Crippen LogP contribution in [0.15, 0.2) is 18.5 Å². The summed E-state index contributed by atoms with van der Waals surface area (Å²) >= 11 is 0. The van der Waals surface area contributed by atoms with Crippen molar-refractivity contribution >= 4 is 16.4 Å². The highest BCUT2D eigenvalue weighted by molar-refractivity contribution is 7.81. The number of likely N-dealkylation sites (tertiary alicyclic amines) is 1. The van der Waals surface area contributed by atoms with Gasteiger partial charge in [-0.15, -0.1) is 0 Å². The van der Waals surface area contributed by atoms with Crippen LogP contribution in [0.4, 0.5) is 3.89 Å². The molecular formula is C13H17FN2O4S. The van der Waals surface area contributed by atoms with Crippen LogP contribution in [0.25, 0.3) is 0 Å². The van der Waals surface area contributed by atoms with Gasteiger partial charge in [-0.2, -0.15) is 8.42 Å². The van der Waals surface area contributed by atoms with E-state index in [1.54, 1.807) is 4.90 Å². The van der Waals surface area contributed by atoms with Gasteiger partial charge in [0.05, 0.1) is 11.8 Å². The molecule has 116 valence electrons. The minimum atomic E-state index is -5.13. The average molecular weight is 316 g/mol. The largest absolute Gasteiger partial charge is 0.488 e. The molecule has 0 aliphatic carbocycles. The first-order chi connectivity index (χ1) is 9.76. The SMILES string of the molecule is C[C@@H]1CC[C@@H](C)N(C(=O)c2cncc(OS(=O)(=O)F)c2)C1. The summed E-state index contributed by atoms with van der Waals surface area (Å²) in [6, 6.07) is 1.28.